The van der Waals surface area contributed by atoms with Gasteiger partial charge in [0.1, 0.15) is 5.75 Å². The largest absolute Gasteiger partial charge is 0.508 e. The third kappa shape index (κ3) is 3.62. The summed E-state index contributed by atoms with van der Waals surface area (Å²) in [5.74, 6) is 4.39. The number of benzene rings is 1. The molecule has 3 aliphatic rings. The zero-order valence-corrected chi connectivity index (χ0v) is 18.3. The standard InChI is InChI=1S/C26H40O2/c1-4-5-6-15-28-17-18(2)24-11-12-25-23-9-7-19-16-20(27)8-10-21(19)22(23)13-14-26(24,25)3/h8,10,16,18,22-25,27H,4-7,9,11-15,17H2,1-3H3/t18?,22-,23-,24-,25+,26-/m1/s1. The van der Waals surface area contributed by atoms with E-state index < -0.39 is 0 Å². The number of aromatic hydroxyl groups is 1. The van der Waals surface area contributed by atoms with Gasteiger partial charge in [-0.1, -0.05) is 39.7 Å². The first-order valence-electron chi connectivity index (χ1n) is 11.9. The summed E-state index contributed by atoms with van der Waals surface area (Å²) in [4.78, 5) is 0. The predicted octanol–water partition coefficient (Wildman–Crippen LogP) is 6.71. The molecule has 1 aromatic carbocycles. The first-order valence-corrected chi connectivity index (χ1v) is 11.9. The first-order chi connectivity index (χ1) is 13.5. The van der Waals surface area contributed by atoms with Crippen LogP contribution in [-0.4, -0.2) is 18.3 Å². The number of ether oxygens (including phenoxy) is 1. The molecule has 3 aliphatic carbocycles. The highest BCUT2D eigenvalue weighted by atomic mass is 16.5. The Hall–Kier alpha value is -1.02. The number of hydrogen-bond acceptors (Lipinski definition) is 2. The maximum absolute atomic E-state index is 9.88. The van der Waals surface area contributed by atoms with Crippen molar-refractivity contribution in [3.05, 3.63) is 29.3 Å². The Kier molecular flexibility index (Phi) is 6.06. The fourth-order valence-corrected chi connectivity index (χ4v) is 7.38. The second-order valence-corrected chi connectivity index (χ2v) is 10.3. The van der Waals surface area contributed by atoms with E-state index in [0.29, 0.717) is 17.1 Å². The topological polar surface area (TPSA) is 29.5 Å². The van der Waals surface area contributed by atoms with Crippen molar-refractivity contribution >= 4 is 0 Å². The van der Waals surface area contributed by atoms with E-state index in [9.17, 15) is 5.11 Å². The van der Waals surface area contributed by atoms with Crippen LogP contribution in [0.25, 0.3) is 0 Å². The molecule has 6 atom stereocenters. The van der Waals surface area contributed by atoms with Crippen molar-refractivity contribution < 1.29 is 9.84 Å². The summed E-state index contributed by atoms with van der Waals surface area (Å²) < 4.78 is 6.08. The molecule has 1 aromatic rings. The maximum Gasteiger partial charge on any atom is 0.115 e. The highest BCUT2D eigenvalue weighted by Gasteiger charge is 2.55. The molecule has 0 amide bonds. The molecule has 0 aromatic heterocycles. The Labute approximate surface area is 172 Å². The molecule has 1 N–H and O–H groups in total. The van der Waals surface area contributed by atoms with Gasteiger partial charge in [-0.2, -0.15) is 0 Å². The quantitative estimate of drug-likeness (QED) is 0.530. The molecule has 156 valence electrons. The Morgan fingerprint density at radius 1 is 1.18 bits per heavy atom. The van der Waals surface area contributed by atoms with Crippen LogP contribution in [0.4, 0.5) is 0 Å². The van der Waals surface area contributed by atoms with Gasteiger partial charge in [-0.15, -0.1) is 0 Å². The van der Waals surface area contributed by atoms with Crippen molar-refractivity contribution in [2.24, 2.45) is 29.1 Å². The SMILES string of the molecule is CCCCCOCC(C)[C@H]1CC[C@H]2[C@@H]3CCc4cc(O)ccc4[C@H]3CC[C@]12C. The van der Waals surface area contributed by atoms with E-state index >= 15 is 0 Å². The maximum atomic E-state index is 9.88. The zero-order chi connectivity index (χ0) is 19.7. The minimum Gasteiger partial charge on any atom is -0.508 e. The molecule has 0 bridgehead atoms. The van der Waals surface area contributed by atoms with Gasteiger partial charge in [0.25, 0.3) is 0 Å². The van der Waals surface area contributed by atoms with Crippen molar-refractivity contribution in [3.63, 3.8) is 0 Å². The summed E-state index contributed by atoms with van der Waals surface area (Å²) in [5.41, 5.74) is 3.46. The molecule has 0 radical (unpaired) electrons. The van der Waals surface area contributed by atoms with Gasteiger partial charge in [0.15, 0.2) is 0 Å². The minimum absolute atomic E-state index is 0.437. The number of phenols is 1. The van der Waals surface area contributed by atoms with E-state index in [1.807, 2.05) is 12.1 Å². The van der Waals surface area contributed by atoms with Gasteiger partial charge in [-0.05, 0) is 103 Å². The highest BCUT2D eigenvalue weighted by molar-refractivity contribution is 5.40. The average Bonchev–Trinajstić information content (AvgIpc) is 3.04. The molecule has 2 fully saturated rings. The van der Waals surface area contributed by atoms with Crippen LogP contribution in [0.1, 0.15) is 89.2 Å². The monoisotopic (exact) mass is 384 g/mol. The fraction of sp³-hybridized carbons (Fsp3) is 0.769. The molecule has 2 saturated carbocycles. The van der Waals surface area contributed by atoms with Gasteiger partial charge in [-0.3, -0.25) is 0 Å². The second kappa shape index (κ2) is 8.38. The zero-order valence-electron chi connectivity index (χ0n) is 18.3. The van der Waals surface area contributed by atoms with E-state index in [0.717, 1.165) is 43.3 Å². The van der Waals surface area contributed by atoms with E-state index in [1.165, 1.54) is 56.9 Å². The van der Waals surface area contributed by atoms with Crippen LogP contribution >= 0.6 is 0 Å². The van der Waals surface area contributed by atoms with Crippen molar-refractivity contribution in [3.8, 4) is 5.75 Å². The average molecular weight is 385 g/mol. The molecule has 0 heterocycles. The Morgan fingerprint density at radius 2 is 2.04 bits per heavy atom. The Bertz CT molecular complexity index is 668. The van der Waals surface area contributed by atoms with E-state index in [2.05, 4.69) is 26.8 Å². The lowest BCUT2D eigenvalue weighted by Crippen LogP contribution is -2.44. The predicted molar refractivity (Wildman–Crippen MR) is 116 cm³/mol. The van der Waals surface area contributed by atoms with E-state index in [1.54, 1.807) is 5.56 Å². The lowest BCUT2D eigenvalue weighted by Gasteiger charge is -2.52. The smallest absolute Gasteiger partial charge is 0.115 e. The summed E-state index contributed by atoms with van der Waals surface area (Å²) >= 11 is 0. The summed E-state index contributed by atoms with van der Waals surface area (Å²) in [6.45, 7) is 9.21. The molecule has 4 rings (SSSR count). The molecule has 2 nitrogen and oxygen atoms in total. The molecule has 28 heavy (non-hydrogen) atoms. The summed E-state index contributed by atoms with van der Waals surface area (Å²) in [5, 5.41) is 9.88. The Balaban J connectivity index is 1.43. The van der Waals surface area contributed by atoms with Crippen LogP contribution < -0.4 is 0 Å². The molecular formula is C26H40O2. The number of fused-ring (bicyclic) bond motifs is 5. The van der Waals surface area contributed by atoms with Gasteiger partial charge in [0, 0.05) is 13.2 Å². The van der Waals surface area contributed by atoms with Crippen LogP contribution in [0.2, 0.25) is 0 Å². The number of hydrogen-bond donors (Lipinski definition) is 1. The summed E-state index contributed by atoms with van der Waals surface area (Å²) in [7, 11) is 0. The van der Waals surface area contributed by atoms with E-state index in [-0.39, 0.29) is 0 Å². The van der Waals surface area contributed by atoms with Crippen LogP contribution in [-0.2, 0) is 11.2 Å². The van der Waals surface area contributed by atoms with Crippen molar-refractivity contribution in [2.75, 3.05) is 13.2 Å². The Morgan fingerprint density at radius 3 is 2.86 bits per heavy atom. The second-order valence-electron chi connectivity index (χ2n) is 10.3. The molecular weight excluding hydrogens is 344 g/mol. The minimum atomic E-state index is 0.437. The van der Waals surface area contributed by atoms with Crippen LogP contribution in [0.5, 0.6) is 5.75 Å². The van der Waals surface area contributed by atoms with Gasteiger partial charge in [-0.25, -0.2) is 0 Å². The van der Waals surface area contributed by atoms with Crippen molar-refractivity contribution in [1.29, 1.82) is 0 Å². The summed E-state index contributed by atoms with van der Waals surface area (Å²) in [6, 6.07) is 6.16. The van der Waals surface area contributed by atoms with Crippen molar-refractivity contribution in [1.82, 2.24) is 0 Å². The van der Waals surface area contributed by atoms with Gasteiger partial charge in [0.2, 0.25) is 0 Å². The lowest BCUT2D eigenvalue weighted by atomic mass is 9.53. The van der Waals surface area contributed by atoms with Gasteiger partial charge < -0.3 is 9.84 Å². The third-order valence-electron chi connectivity index (χ3n) is 8.74. The molecule has 2 heteroatoms. The van der Waals surface area contributed by atoms with Crippen molar-refractivity contribution in [2.45, 2.75) is 84.5 Å². The van der Waals surface area contributed by atoms with Gasteiger partial charge in [0.05, 0.1) is 0 Å². The first kappa shape index (κ1) is 20.3. The van der Waals surface area contributed by atoms with Gasteiger partial charge >= 0.3 is 0 Å². The normalized spacial score (nSPS) is 35.1. The van der Waals surface area contributed by atoms with Crippen LogP contribution in [0, 0.1) is 29.1 Å². The van der Waals surface area contributed by atoms with E-state index in [4.69, 9.17) is 4.74 Å². The molecule has 0 aliphatic heterocycles. The lowest BCUT2D eigenvalue weighted by molar-refractivity contribution is -0.0102. The molecule has 0 spiro atoms. The van der Waals surface area contributed by atoms with Crippen LogP contribution in [0.3, 0.4) is 0 Å². The number of rotatable bonds is 7. The molecule has 0 saturated heterocycles. The highest BCUT2D eigenvalue weighted by Crippen LogP contribution is 2.64. The number of phenolic OH excluding ortho intramolecular Hbond substituents is 1. The third-order valence-corrected chi connectivity index (χ3v) is 8.74. The number of unbranched alkanes of at least 4 members (excludes halogenated alkanes) is 2. The molecule has 1 unspecified atom stereocenters. The van der Waals surface area contributed by atoms with Crippen LogP contribution in [0.15, 0.2) is 18.2 Å². The fourth-order valence-electron chi connectivity index (χ4n) is 7.38. The number of aryl methyl sites for hydroxylation is 1. The summed E-state index contributed by atoms with van der Waals surface area (Å²) in [6.07, 6.45) is 11.7.